The average Bonchev–Trinajstić information content (AvgIpc) is 2.28. The largest absolute Gasteiger partial charge is 0.506 e. The first-order valence-electron chi connectivity index (χ1n) is 5.12. The molecule has 2 rings (SSSR count). The topological polar surface area (TPSA) is 57.5 Å². The van der Waals surface area contributed by atoms with Crippen molar-refractivity contribution in [1.82, 2.24) is 0 Å². The van der Waals surface area contributed by atoms with Gasteiger partial charge < -0.3 is 10.2 Å². The third-order valence-corrected chi connectivity index (χ3v) is 2.73. The van der Waals surface area contributed by atoms with Gasteiger partial charge in [0.1, 0.15) is 11.3 Å². The molecule has 0 aromatic heterocycles. The molecule has 0 amide bonds. The molecule has 82 valence electrons. The highest BCUT2D eigenvalue weighted by molar-refractivity contribution is 6.01. The number of rotatable bonds is 2. The Balaban J connectivity index is 2.81. The number of aromatic hydroxyl groups is 1. The lowest BCUT2D eigenvalue weighted by atomic mass is 9.99. The van der Waals surface area contributed by atoms with Gasteiger partial charge >= 0.3 is 5.97 Å². The minimum absolute atomic E-state index is 0.0549. The number of aromatic carboxylic acids is 1. The van der Waals surface area contributed by atoms with E-state index in [2.05, 4.69) is 0 Å². The molecule has 3 nitrogen and oxygen atoms in total. The predicted octanol–water partition coefficient (Wildman–Crippen LogP) is 2.81. The van der Waals surface area contributed by atoms with Gasteiger partial charge in [-0.2, -0.15) is 0 Å². The summed E-state index contributed by atoms with van der Waals surface area (Å²) in [5, 5.41) is 20.3. The third kappa shape index (κ3) is 1.50. The van der Waals surface area contributed by atoms with Crippen LogP contribution in [0.25, 0.3) is 10.8 Å². The molecule has 2 aromatic carbocycles. The summed E-state index contributed by atoms with van der Waals surface area (Å²) in [4.78, 5) is 10.9. The molecule has 2 aromatic rings. The third-order valence-electron chi connectivity index (χ3n) is 2.73. The number of carboxylic acid groups (broad SMARTS) is 1. The van der Waals surface area contributed by atoms with Crippen molar-refractivity contribution >= 4 is 16.7 Å². The van der Waals surface area contributed by atoms with E-state index >= 15 is 0 Å². The number of phenols is 1. The van der Waals surface area contributed by atoms with E-state index < -0.39 is 5.97 Å². The van der Waals surface area contributed by atoms with E-state index in [1.54, 1.807) is 12.1 Å². The van der Waals surface area contributed by atoms with Crippen molar-refractivity contribution in [2.45, 2.75) is 13.3 Å². The normalized spacial score (nSPS) is 10.6. The second-order valence-corrected chi connectivity index (χ2v) is 3.63. The predicted molar refractivity (Wildman–Crippen MR) is 62.0 cm³/mol. The van der Waals surface area contributed by atoms with Crippen molar-refractivity contribution in [3.05, 3.63) is 41.5 Å². The van der Waals surface area contributed by atoms with E-state index in [0.29, 0.717) is 5.39 Å². The first-order chi connectivity index (χ1) is 7.65. The highest BCUT2D eigenvalue weighted by Crippen LogP contribution is 2.30. The van der Waals surface area contributed by atoms with E-state index in [0.717, 1.165) is 17.4 Å². The molecule has 0 aliphatic carbocycles. The van der Waals surface area contributed by atoms with Crippen LogP contribution in [0.5, 0.6) is 5.75 Å². The Morgan fingerprint density at radius 1 is 1.19 bits per heavy atom. The molecular formula is C13H12O3. The van der Waals surface area contributed by atoms with Gasteiger partial charge in [-0.25, -0.2) is 4.79 Å². The number of benzene rings is 2. The van der Waals surface area contributed by atoms with Gasteiger partial charge in [-0.1, -0.05) is 31.2 Å². The maximum absolute atomic E-state index is 10.9. The Morgan fingerprint density at radius 3 is 2.56 bits per heavy atom. The van der Waals surface area contributed by atoms with Gasteiger partial charge in [-0.05, 0) is 23.4 Å². The van der Waals surface area contributed by atoms with Gasteiger partial charge in [-0.3, -0.25) is 0 Å². The lowest BCUT2D eigenvalue weighted by molar-refractivity contribution is 0.0694. The summed E-state index contributed by atoms with van der Waals surface area (Å²) in [6.07, 6.45) is 0.850. The van der Waals surface area contributed by atoms with Crippen LogP contribution in [0.2, 0.25) is 0 Å². The van der Waals surface area contributed by atoms with E-state index in [4.69, 9.17) is 5.11 Å². The summed E-state index contributed by atoms with van der Waals surface area (Å²) in [6.45, 7) is 2.02. The maximum atomic E-state index is 10.9. The fourth-order valence-corrected chi connectivity index (χ4v) is 1.89. The van der Waals surface area contributed by atoms with Crippen molar-refractivity contribution in [2.24, 2.45) is 0 Å². The second-order valence-electron chi connectivity index (χ2n) is 3.63. The van der Waals surface area contributed by atoms with Gasteiger partial charge in [0.25, 0.3) is 0 Å². The highest BCUT2D eigenvalue weighted by Gasteiger charge is 2.13. The molecule has 16 heavy (non-hydrogen) atoms. The van der Waals surface area contributed by atoms with E-state index in [1.807, 2.05) is 19.1 Å². The number of carboxylic acids is 1. The van der Waals surface area contributed by atoms with Crippen molar-refractivity contribution in [3.63, 3.8) is 0 Å². The number of hydrogen-bond donors (Lipinski definition) is 2. The maximum Gasteiger partial charge on any atom is 0.339 e. The van der Waals surface area contributed by atoms with Crippen molar-refractivity contribution in [2.75, 3.05) is 0 Å². The second kappa shape index (κ2) is 3.85. The van der Waals surface area contributed by atoms with Crippen LogP contribution in [-0.2, 0) is 6.42 Å². The van der Waals surface area contributed by atoms with Gasteiger partial charge in [0.05, 0.1) is 0 Å². The molecule has 0 heterocycles. The summed E-state index contributed by atoms with van der Waals surface area (Å²) >= 11 is 0. The zero-order chi connectivity index (χ0) is 11.7. The smallest absolute Gasteiger partial charge is 0.339 e. The minimum Gasteiger partial charge on any atom is -0.506 e. The highest BCUT2D eigenvalue weighted by atomic mass is 16.4. The zero-order valence-electron chi connectivity index (χ0n) is 8.90. The van der Waals surface area contributed by atoms with Crippen LogP contribution in [0.1, 0.15) is 22.8 Å². The molecule has 3 heteroatoms. The molecule has 0 bridgehead atoms. The molecule has 0 aliphatic heterocycles. The lowest BCUT2D eigenvalue weighted by Gasteiger charge is -2.07. The molecule has 0 unspecified atom stereocenters. The number of hydrogen-bond acceptors (Lipinski definition) is 2. The molecule has 0 aliphatic rings. The van der Waals surface area contributed by atoms with Crippen LogP contribution in [0.3, 0.4) is 0 Å². The summed E-state index contributed by atoms with van der Waals surface area (Å²) in [6, 6.07) is 8.72. The van der Waals surface area contributed by atoms with Crippen LogP contribution in [0.15, 0.2) is 30.3 Å². The summed E-state index contributed by atoms with van der Waals surface area (Å²) in [7, 11) is 0. The van der Waals surface area contributed by atoms with Crippen LogP contribution in [0, 0.1) is 0 Å². The summed E-state index contributed by atoms with van der Waals surface area (Å²) < 4.78 is 0. The SMILES string of the molecule is CCc1cccc2c(O)c(C(=O)O)ccc12. The fourth-order valence-electron chi connectivity index (χ4n) is 1.89. The van der Waals surface area contributed by atoms with Crippen molar-refractivity contribution in [1.29, 1.82) is 0 Å². The van der Waals surface area contributed by atoms with Gasteiger partial charge in [-0.15, -0.1) is 0 Å². The van der Waals surface area contributed by atoms with E-state index in [-0.39, 0.29) is 11.3 Å². The molecule has 2 N–H and O–H groups in total. The van der Waals surface area contributed by atoms with E-state index in [9.17, 15) is 9.90 Å². The Bertz CT molecular complexity index is 558. The molecule has 0 atom stereocenters. The van der Waals surface area contributed by atoms with Crippen LogP contribution < -0.4 is 0 Å². The monoisotopic (exact) mass is 216 g/mol. The fraction of sp³-hybridized carbons (Fsp3) is 0.154. The minimum atomic E-state index is -1.11. The first-order valence-corrected chi connectivity index (χ1v) is 5.12. The molecular weight excluding hydrogens is 204 g/mol. The Morgan fingerprint density at radius 2 is 1.94 bits per heavy atom. The van der Waals surface area contributed by atoms with Gasteiger partial charge in [0.2, 0.25) is 0 Å². The standard InChI is InChI=1S/C13H12O3/c1-2-8-4-3-5-10-9(8)6-7-11(12(10)14)13(15)16/h3-7,14H,2H2,1H3,(H,15,16). The van der Waals surface area contributed by atoms with Crippen LogP contribution in [0.4, 0.5) is 0 Å². The molecule has 0 spiro atoms. The van der Waals surface area contributed by atoms with Crippen LogP contribution in [-0.4, -0.2) is 16.2 Å². The summed E-state index contributed by atoms with van der Waals surface area (Å²) in [5.41, 5.74) is 1.05. The molecule has 0 saturated heterocycles. The Hall–Kier alpha value is -2.03. The molecule has 0 saturated carbocycles. The van der Waals surface area contributed by atoms with Gasteiger partial charge in [0.15, 0.2) is 0 Å². The number of carbonyl (C=O) groups is 1. The van der Waals surface area contributed by atoms with Gasteiger partial charge in [0, 0.05) is 5.39 Å². The average molecular weight is 216 g/mol. The molecule has 0 fully saturated rings. The zero-order valence-corrected chi connectivity index (χ0v) is 8.90. The number of fused-ring (bicyclic) bond motifs is 1. The Kier molecular flexibility index (Phi) is 2.52. The van der Waals surface area contributed by atoms with E-state index in [1.165, 1.54) is 6.07 Å². The lowest BCUT2D eigenvalue weighted by Crippen LogP contribution is -1.97. The number of aryl methyl sites for hydroxylation is 1. The summed E-state index contributed by atoms with van der Waals surface area (Å²) in [5.74, 6) is -1.26. The Labute approximate surface area is 93.0 Å². The van der Waals surface area contributed by atoms with Crippen molar-refractivity contribution in [3.8, 4) is 5.75 Å². The van der Waals surface area contributed by atoms with Crippen LogP contribution >= 0.6 is 0 Å². The molecule has 0 radical (unpaired) electrons. The van der Waals surface area contributed by atoms with Crippen molar-refractivity contribution < 1.29 is 15.0 Å². The quantitative estimate of drug-likeness (QED) is 0.811. The first kappa shape index (κ1) is 10.5.